The predicted octanol–water partition coefficient (Wildman–Crippen LogP) is 3.57. The Bertz CT molecular complexity index is 839. The average molecular weight is 333 g/mol. The molecule has 25 heavy (non-hydrogen) atoms. The third-order valence-corrected chi connectivity index (χ3v) is 4.41. The normalized spacial score (nSPS) is 11.9. The minimum Gasteiger partial charge on any atom is -0.342 e. The highest BCUT2D eigenvalue weighted by Crippen LogP contribution is 2.23. The number of rotatable bonds is 6. The van der Waals surface area contributed by atoms with Gasteiger partial charge in [0.2, 0.25) is 5.91 Å². The molecule has 1 heterocycles. The van der Waals surface area contributed by atoms with Crippen molar-refractivity contribution in [3.63, 3.8) is 0 Å². The summed E-state index contributed by atoms with van der Waals surface area (Å²) >= 11 is 0. The molecule has 0 radical (unpaired) electrons. The maximum atomic E-state index is 12.6. The van der Waals surface area contributed by atoms with Crippen LogP contribution in [0.25, 0.3) is 0 Å². The Morgan fingerprint density at radius 2 is 1.84 bits per heavy atom. The number of imidazole rings is 1. The lowest BCUT2D eigenvalue weighted by Crippen LogP contribution is -2.31. The molecule has 3 aromatic rings. The SMILES string of the molecule is Cc1ccccc1C(NC(=O)CCc1ccccc1)c1nccn1C. The molecular formula is C21H23N3O. The van der Waals surface area contributed by atoms with E-state index in [1.165, 1.54) is 5.56 Å². The first kappa shape index (κ1) is 17.0. The third-order valence-electron chi connectivity index (χ3n) is 4.41. The zero-order valence-electron chi connectivity index (χ0n) is 14.6. The number of hydrogen-bond donors (Lipinski definition) is 1. The van der Waals surface area contributed by atoms with Crippen molar-refractivity contribution in [1.29, 1.82) is 0 Å². The van der Waals surface area contributed by atoms with Gasteiger partial charge in [0.05, 0.1) is 0 Å². The molecule has 1 amide bonds. The highest BCUT2D eigenvalue weighted by atomic mass is 16.1. The van der Waals surface area contributed by atoms with Crippen molar-refractivity contribution < 1.29 is 4.79 Å². The standard InChI is InChI=1S/C21H23N3O/c1-16-8-6-7-11-18(16)20(21-22-14-15-24(21)2)23-19(25)13-12-17-9-4-3-5-10-17/h3-11,14-15,20H,12-13H2,1-2H3,(H,23,25). The second kappa shape index (κ2) is 7.79. The highest BCUT2D eigenvalue weighted by molar-refractivity contribution is 5.77. The van der Waals surface area contributed by atoms with Gasteiger partial charge in [0, 0.05) is 25.9 Å². The van der Waals surface area contributed by atoms with Gasteiger partial charge in [-0.05, 0) is 30.0 Å². The number of carbonyl (C=O) groups is 1. The Hall–Kier alpha value is -2.88. The van der Waals surface area contributed by atoms with Gasteiger partial charge in [-0.15, -0.1) is 0 Å². The number of benzene rings is 2. The fourth-order valence-electron chi connectivity index (χ4n) is 2.98. The van der Waals surface area contributed by atoms with E-state index in [9.17, 15) is 4.79 Å². The maximum absolute atomic E-state index is 12.6. The van der Waals surface area contributed by atoms with E-state index in [-0.39, 0.29) is 11.9 Å². The maximum Gasteiger partial charge on any atom is 0.221 e. The lowest BCUT2D eigenvalue weighted by atomic mass is 10.00. The van der Waals surface area contributed by atoms with Crippen LogP contribution < -0.4 is 5.32 Å². The fraction of sp³-hybridized carbons (Fsp3) is 0.238. The van der Waals surface area contributed by atoms with Crippen LogP contribution in [-0.4, -0.2) is 15.5 Å². The molecule has 4 nitrogen and oxygen atoms in total. The number of aryl methyl sites for hydroxylation is 3. The molecule has 4 heteroatoms. The molecule has 1 unspecified atom stereocenters. The van der Waals surface area contributed by atoms with Crippen molar-refractivity contribution in [3.8, 4) is 0 Å². The van der Waals surface area contributed by atoms with Crippen LogP contribution in [0.2, 0.25) is 0 Å². The Kier molecular flexibility index (Phi) is 5.29. The van der Waals surface area contributed by atoms with E-state index in [0.717, 1.165) is 23.4 Å². The Labute approximate surface area is 148 Å². The molecule has 0 saturated heterocycles. The molecule has 0 spiro atoms. The van der Waals surface area contributed by atoms with Gasteiger partial charge in [0.15, 0.2) is 0 Å². The summed E-state index contributed by atoms with van der Waals surface area (Å²) in [6, 6.07) is 17.9. The largest absolute Gasteiger partial charge is 0.342 e. The lowest BCUT2D eigenvalue weighted by Gasteiger charge is -2.21. The van der Waals surface area contributed by atoms with Crippen LogP contribution in [0.4, 0.5) is 0 Å². The van der Waals surface area contributed by atoms with Gasteiger partial charge in [0.1, 0.15) is 11.9 Å². The summed E-state index contributed by atoms with van der Waals surface area (Å²) in [5.41, 5.74) is 3.38. The summed E-state index contributed by atoms with van der Waals surface area (Å²) in [6.07, 6.45) is 4.85. The van der Waals surface area contributed by atoms with Crippen LogP contribution in [0.1, 0.15) is 35.0 Å². The summed E-state index contributed by atoms with van der Waals surface area (Å²) in [4.78, 5) is 17.0. The smallest absolute Gasteiger partial charge is 0.221 e. The molecule has 2 aromatic carbocycles. The van der Waals surface area contributed by atoms with Gasteiger partial charge >= 0.3 is 0 Å². The van der Waals surface area contributed by atoms with Crippen molar-refractivity contribution in [3.05, 3.63) is 89.5 Å². The Balaban J connectivity index is 1.77. The minimum absolute atomic E-state index is 0.0279. The predicted molar refractivity (Wildman–Crippen MR) is 99.1 cm³/mol. The number of hydrogen-bond acceptors (Lipinski definition) is 2. The molecule has 3 rings (SSSR count). The van der Waals surface area contributed by atoms with Crippen molar-refractivity contribution in [1.82, 2.24) is 14.9 Å². The van der Waals surface area contributed by atoms with Gasteiger partial charge in [0.25, 0.3) is 0 Å². The van der Waals surface area contributed by atoms with E-state index in [1.54, 1.807) is 6.20 Å². The Morgan fingerprint density at radius 1 is 1.12 bits per heavy atom. The number of nitrogens with one attached hydrogen (secondary N) is 1. The molecular weight excluding hydrogens is 310 g/mol. The van der Waals surface area contributed by atoms with Crippen molar-refractivity contribution in [2.24, 2.45) is 7.05 Å². The molecule has 0 bridgehead atoms. The first-order valence-electron chi connectivity index (χ1n) is 8.51. The zero-order chi connectivity index (χ0) is 17.6. The zero-order valence-corrected chi connectivity index (χ0v) is 14.6. The molecule has 1 N–H and O–H groups in total. The van der Waals surface area contributed by atoms with E-state index in [4.69, 9.17) is 0 Å². The van der Waals surface area contributed by atoms with Gasteiger partial charge < -0.3 is 9.88 Å². The lowest BCUT2D eigenvalue weighted by molar-refractivity contribution is -0.121. The van der Waals surface area contributed by atoms with Gasteiger partial charge in [-0.2, -0.15) is 0 Å². The number of aromatic nitrogens is 2. The second-order valence-corrected chi connectivity index (χ2v) is 6.24. The van der Waals surface area contributed by atoms with Crippen molar-refractivity contribution in [2.45, 2.75) is 25.8 Å². The van der Waals surface area contributed by atoms with E-state index < -0.39 is 0 Å². The number of carbonyl (C=O) groups excluding carboxylic acids is 1. The summed E-state index contributed by atoms with van der Waals surface area (Å²) in [5, 5.41) is 3.17. The topological polar surface area (TPSA) is 46.9 Å². The van der Waals surface area contributed by atoms with Crippen LogP contribution in [0.15, 0.2) is 67.0 Å². The molecule has 1 atom stereocenters. The van der Waals surface area contributed by atoms with Gasteiger partial charge in [-0.1, -0.05) is 54.6 Å². The first-order chi connectivity index (χ1) is 12.1. The molecule has 0 saturated carbocycles. The Morgan fingerprint density at radius 3 is 2.52 bits per heavy atom. The second-order valence-electron chi connectivity index (χ2n) is 6.24. The van der Waals surface area contributed by atoms with Crippen LogP contribution in [0.5, 0.6) is 0 Å². The highest BCUT2D eigenvalue weighted by Gasteiger charge is 2.21. The summed E-state index contributed by atoms with van der Waals surface area (Å²) < 4.78 is 1.95. The van der Waals surface area contributed by atoms with Crippen LogP contribution in [-0.2, 0) is 18.3 Å². The number of nitrogens with zero attached hydrogens (tertiary/aromatic N) is 2. The summed E-state index contributed by atoms with van der Waals surface area (Å²) in [5.74, 6) is 0.863. The third kappa shape index (κ3) is 4.15. The van der Waals surface area contributed by atoms with E-state index >= 15 is 0 Å². The van der Waals surface area contributed by atoms with Crippen molar-refractivity contribution in [2.75, 3.05) is 0 Å². The molecule has 1 aromatic heterocycles. The summed E-state index contributed by atoms with van der Waals surface area (Å²) in [6.45, 7) is 2.06. The summed E-state index contributed by atoms with van der Waals surface area (Å²) in [7, 11) is 1.95. The minimum atomic E-state index is -0.246. The molecule has 0 aliphatic rings. The molecule has 0 aliphatic carbocycles. The van der Waals surface area contributed by atoms with Crippen LogP contribution >= 0.6 is 0 Å². The quantitative estimate of drug-likeness (QED) is 0.750. The number of amides is 1. The van der Waals surface area contributed by atoms with Crippen LogP contribution in [0, 0.1) is 6.92 Å². The molecule has 0 aliphatic heterocycles. The average Bonchev–Trinajstić information content (AvgIpc) is 3.05. The van der Waals surface area contributed by atoms with Crippen molar-refractivity contribution >= 4 is 5.91 Å². The van der Waals surface area contributed by atoms with E-state index in [2.05, 4.69) is 23.3 Å². The van der Waals surface area contributed by atoms with Gasteiger partial charge in [-0.25, -0.2) is 4.98 Å². The first-order valence-corrected chi connectivity index (χ1v) is 8.51. The monoisotopic (exact) mass is 333 g/mol. The van der Waals surface area contributed by atoms with Crippen LogP contribution in [0.3, 0.4) is 0 Å². The van der Waals surface area contributed by atoms with E-state index in [1.807, 2.05) is 66.3 Å². The fourth-order valence-corrected chi connectivity index (χ4v) is 2.98. The molecule has 128 valence electrons. The molecule has 0 fully saturated rings. The van der Waals surface area contributed by atoms with E-state index in [0.29, 0.717) is 6.42 Å². The van der Waals surface area contributed by atoms with Gasteiger partial charge in [-0.3, -0.25) is 4.79 Å².